The molecule has 2 aromatic carbocycles. The summed E-state index contributed by atoms with van der Waals surface area (Å²) in [6, 6.07) is 13.2. The second-order valence-electron chi connectivity index (χ2n) is 10.4. The van der Waals surface area contributed by atoms with E-state index >= 15 is 0 Å². The van der Waals surface area contributed by atoms with Gasteiger partial charge in [-0.05, 0) is 49.2 Å². The van der Waals surface area contributed by atoms with Crippen LogP contribution in [-0.2, 0) is 46.2 Å². The van der Waals surface area contributed by atoms with Crippen LogP contribution in [0.4, 0.5) is 0 Å². The molecule has 4 unspecified atom stereocenters. The number of esters is 2. The average Bonchev–Trinajstić information content (AvgIpc) is 3.85. The first-order valence-electron chi connectivity index (χ1n) is 13.0. The summed E-state index contributed by atoms with van der Waals surface area (Å²) >= 11 is 0. The predicted octanol–water partition coefficient (Wildman–Crippen LogP) is 1.18. The van der Waals surface area contributed by atoms with Crippen LogP contribution in [0.2, 0.25) is 0 Å². The molecule has 40 heavy (non-hydrogen) atoms. The summed E-state index contributed by atoms with van der Waals surface area (Å²) in [7, 11) is 0. The molecule has 2 saturated heterocycles. The highest BCUT2D eigenvalue weighted by Gasteiger charge is 2.43. The van der Waals surface area contributed by atoms with Crippen LogP contribution in [0.25, 0.3) is 0 Å². The second-order valence-corrected chi connectivity index (χ2v) is 10.4. The zero-order valence-electron chi connectivity index (χ0n) is 22.5. The molecule has 0 bridgehead atoms. The fraction of sp³-hybridized carbons (Fsp3) is 0.483. The number of aliphatic hydroxyl groups is 2. The van der Waals surface area contributed by atoms with Crippen LogP contribution in [0.15, 0.2) is 48.5 Å². The van der Waals surface area contributed by atoms with Crippen molar-refractivity contribution in [2.24, 2.45) is 0 Å². The van der Waals surface area contributed by atoms with Crippen molar-refractivity contribution in [3.05, 3.63) is 59.7 Å². The normalized spacial score (nSPS) is 20.4. The van der Waals surface area contributed by atoms with Gasteiger partial charge in [0.05, 0.1) is 13.2 Å². The van der Waals surface area contributed by atoms with Gasteiger partial charge in [0, 0.05) is 12.8 Å². The van der Waals surface area contributed by atoms with Crippen LogP contribution in [0.3, 0.4) is 0 Å². The Labute approximate surface area is 231 Å². The largest absolute Gasteiger partial charge is 0.482 e. The number of carbonyl (C=O) groups is 3. The smallest absolute Gasteiger partial charge is 0.344 e. The number of carbonyl (C=O) groups excluding carboxylic acids is 3. The van der Waals surface area contributed by atoms with Crippen LogP contribution in [0.1, 0.15) is 25.0 Å². The van der Waals surface area contributed by atoms with E-state index in [1.54, 1.807) is 48.5 Å². The zero-order chi connectivity index (χ0) is 28.8. The molecule has 2 N–H and O–H groups in total. The van der Waals surface area contributed by atoms with E-state index in [0.29, 0.717) is 35.8 Å². The summed E-state index contributed by atoms with van der Waals surface area (Å²) in [6.45, 7) is 3.84. The Balaban J connectivity index is 1.23. The number of epoxide rings is 2. The Morgan fingerprint density at radius 1 is 0.725 bits per heavy atom. The molecule has 0 saturated carbocycles. The number of hydrogen-bond acceptors (Lipinski definition) is 11. The van der Waals surface area contributed by atoms with Gasteiger partial charge in [0.2, 0.25) is 0 Å². The van der Waals surface area contributed by atoms with E-state index in [9.17, 15) is 24.6 Å². The van der Waals surface area contributed by atoms with Crippen molar-refractivity contribution in [1.29, 1.82) is 0 Å². The Morgan fingerprint density at radius 3 is 1.40 bits per heavy atom. The number of ether oxygens (including phenoxy) is 6. The molecule has 2 heterocycles. The van der Waals surface area contributed by atoms with Gasteiger partial charge in [0.15, 0.2) is 19.0 Å². The molecule has 0 amide bonds. The van der Waals surface area contributed by atoms with Gasteiger partial charge in [-0.2, -0.15) is 0 Å². The summed E-state index contributed by atoms with van der Waals surface area (Å²) in [5, 5.41) is 21.9. The number of rotatable bonds is 16. The van der Waals surface area contributed by atoms with Gasteiger partial charge < -0.3 is 38.6 Å². The quantitative estimate of drug-likeness (QED) is 0.226. The van der Waals surface area contributed by atoms with Gasteiger partial charge in [0.25, 0.3) is 0 Å². The third-order valence-electron chi connectivity index (χ3n) is 6.30. The highest BCUT2D eigenvalue weighted by molar-refractivity contribution is 5.94. The lowest BCUT2D eigenvalue weighted by molar-refractivity contribution is -0.153. The molecule has 2 aromatic rings. The van der Waals surface area contributed by atoms with E-state index < -0.39 is 28.9 Å². The summed E-state index contributed by atoms with van der Waals surface area (Å²) in [5.74, 6) is -0.878. The molecule has 2 aliphatic heterocycles. The lowest BCUT2D eigenvalue weighted by Crippen LogP contribution is -2.52. The Kier molecular flexibility index (Phi) is 9.41. The first-order chi connectivity index (χ1) is 19.0. The van der Waals surface area contributed by atoms with Crippen LogP contribution in [0, 0.1) is 0 Å². The van der Waals surface area contributed by atoms with E-state index in [0.717, 1.165) is 0 Å². The Bertz CT molecular complexity index is 1070. The van der Waals surface area contributed by atoms with Crippen molar-refractivity contribution in [2.45, 2.75) is 50.1 Å². The molecule has 0 radical (unpaired) electrons. The molecule has 11 nitrogen and oxygen atoms in total. The fourth-order valence-electron chi connectivity index (χ4n) is 4.01. The van der Waals surface area contributed by atoms with E-state index in [2.05, 4.69) is 0 Å². The van der Waals surface area contributed by atoms with Crippen LogP contribution in [0.5, 0.6) is 11.5 Å². The average molecular weight is 559 g/mol. The molecule has 216 valence electrons. The van der Waals surface area contributed by atoms with Crippen LogP contribution in [-0.4, -0.2) is 91.0 Å². The minimum absolute atomic E-state index is 0.0174. The summed E-state index contributed by atoms with van der Waals surface area (Å²) in [6.07, 6.45) is -0.115. The van der Waals surface area contributed by atoms with Crippen LogP contribution < -0.4 is 9.47 Å². The molecule has 0 aliphatic carbocycles. The van der Waals surface area contributed by atoms with Gasteiger partial charge in [-0.15, -0.1) is 0 Å². The Morgan fingerprint density at radius 2 is 1.07 bits per heavy atom. The van der Waals surface area contributed by atoms with Gasteiger partial charge >= 0.3 is 11.9 Å². The van der Waals surface area contributed by atoms with Crippen LogP contribution >= 0.6 is 0 Å². The molecule has 4 rings (SSSR count). The van der Waals surface area contributed by atoms with Crippen molar-refractivity contribution in [1.82, 2.24) is 0 Å². The van der Waals surface area contributed by atoms with Gasteiger partial charge in [-0.3, -0.25) is 4.79 Å². The minimum Gasteiger partial charge on any atom is -0.482 e. The van der Waals surface area contributed by atoms with Gasteiger partial charge in [-0.1, -0.05) is 24.3 Å². The summed E-state index contributed by atoms with van der Waals surface area (Å²) < 4.78 is 30.8. The summed E-state index contributed by atoms with van der Waals surface area (Å²) in [5.41, 5.74) is -2.43. The van der Waals surface area contributed by atoms with E-state index in [-0.39, 0.29) is 51.5 Å². The topological polar surface area (TPSA) is 154 Å². The standard InChI is InChI=1S/C29H34O11/c1-28(33,11-19-3-7-21(8-4-19)37-17-25(30)39-15-23-13-35-23)27(32)29(2,34)12-20-5-9-22(10-6-20)38-18-26(31)40-16-24-14-36-24/h3-10,23-24,33-34H,11-18H2,1-2H3. The molecular weight excluding hydrogens is 524 g/mol. The van der Waals surface area contributed by atoms with Crippen molar-refractivity contribution < 1.29 is 53.0 Å². The van der Waals surface area contributed by atoms with Crippen molar-refractivity contribution >= 4 is 17.7 Å². The van der Waals surface area contributed by atoms with Crippen molar-refractivity contribution in [3.63, 3.8) is 0 Å². The second kappa shape index (κ2) is 12.8. The zero-order valence-corrected chi connectivity index (χ0v) is 22.5. The van der Waals surface area contributed by atoms with Gasteiger partial charge in [0.1, 0.15) is 48.1 Å². The monoisotopic (exact) mass is 558 g/mol. The SMILES string of the molecule is CC(O)(Cc1ccc(OCC(=O)OCC2CO2)cc1)C(=O)C(C)(O)Cc1ccc(OCC(=O)OCC2CO2)cc1. The van der Waals surface area contributed by atoms with Gasteiger partial charge in [-0.25, -0.2) is 9.59 Å². The lowest BCUT2D eigenvalue weighted by atomic mass is 9.80. The predicted molar refractivity (Wildman–Crippen MR) is 139 cm³/mol. The third kappa shape index (κ3) is 9.30. The first-order valence-corrected chi connectivity index (χ1v) is 13.0. The van der Waals surface area contributed by atoms with E-state index in [1.807, 2.05) is 0 Å². The first kappa shape index (κ1) is 29.5. The molecule has 0 aromatic heterocycles. The maximum Gasteiger partial charge on any atom is 0.344 e. The van der Waals surface area contributed by atoms with Crippen molar-refractivity contribution in [2.75, 3.05) is 39.6 Å². The number of hydrogen-bond donors (Lipinski definition) is 2. The third-order valence-corrected chi connectivity index (χ3v) is 6.30. The van der Waals surface area contributed by atoms with Crippen molar-refractivity contribution in [3.8, 4) is 11.5 Å². The maximum absolute atomic E-state index is 13.1. The maximum atomic E-state index is 13.1. The fourth-order valence-corrected chi connectivity index (χ4v) is 4.01. The highest BCUT2D eigenvalue weighted by atomic mass is 16.6. The number of Topliss-reactive ketones (excluding diaryl/α,β-unsaturated/α-hetero) is 1. The van der Waals surface area contributed by atoms with E-state index in [4.69, 9.17) is 28.4 Å². The molecule has 0 spiro atoms. The molecule has 2 fully saturated rings. The molecule has 4 atom stereocenters. The molecule has 2 aliphatic rings. The highest BCUT2D eigenvalue weighted by Crippen LogP contribution is 2.26. The number of benzene rings is 2. The minimum atomic E-state index is -1.85. The summed E-state index contributed by atoms with van der Waals surface area (Å²) in [4.78, 5) is 36.5. The molecule has 11 heteroatoms. The van der Waals surface area contributed by atoms with E-state index in [1.165, 1.54) is 13.8 Å². The Hall–Kier alpha value is -3.51. The molecular formula is C29H34O11. The lowest BCUT2D eigenvalue weighted by Gasteiger charge is -2.31. The number of ketones is 1.